The van der Waals surface area contributed by atoms with E-state index < -0.39 is 15.8 Å². The largest absolute Gasteiger partial charge is 0.340 e. The second-order valence-corrected chi connectivity index (χ2v) is 7.01. The van der Waals surface area contributed by atoms with Gasteiger partial charge in [0.25, 0.3) is 0 Å². The van der Waals surface area contributed by atoms with Gasteiger partial charge in [-0.15, -0.1) is 0 Å². The first kappa shape index (κ1) is 13.7. The van der Waals surface area contributed by atoms with Crippen molar-refractivity contribution < 1.29 is 12.6 Å². The fourth-order valence-electron chi connectivity index (χ4n) is 3.15. The molecule has 5 heteroatoms. The highest BCUT2D eigenvalue weighted by molar-refractivity contribution is 7.84. The molecular formula is C17H15NO3S. The van der Waals surface area contributed by atoms with E-state index in [0.717, 1.165) is 11.1 Å². The van der Waals surface area contributed by atoms with E-state index in [1.165, 1.54) is 4.31 Å². The molecule has 22 heavy (non-hydrogen) atoms. The molecule has 0 saturated carbocycles. The van der Waals surface area contributed by atoms with Crippen molar-refractivity contribution >= 4 is 16.4 Å². The van der Waals surface area contributed by atoms with Crippen LogP contribution >= 0.6 is 0 Å². The number of hydrogen-bond donors (Lipinski definition) is 0. The summed E-state index contributed by atoms with van der Waals surface area (Å²) in [4.78, 5) is 0. The van der Waals surface area contributed by atoms with Crippen LogP contribution in [-0.2, 0) is 20.0 Å². The van der Waals surface area contributed by atoms with Crippen LogP contribution in [0.3, 0.4) is 0 Å². The highest BCUT2D eigenvalue weighted by Gasteiger charge is 2.73. The molecular weight excluding hydrogens is 298 g/mol. The minimum Gasteiger partial charge on any atom is -0.255 e. The third-order valence-electron chi connectivity index (χ3n) is 4.28. The maximum atomic E-state index is 12.1. The zero-order valence-corrected chi connectivity index (χ0v) is 12.6. The van der Waals surface area contributed by atoms with Crippen LogP contribution in [0.25, 0.3) is 6.08 Å². The molecule has 2 aliphatic rings. The summed E-state index contributed by atoms with van der Waals surface area (Å²) in [5, 5.41) is 0. The summed E-state index contributed by atoms with van der Waals surface area (Å²) in [7, 11) is -3.63. The first-order valence-electron chi connectivity index (χ1n) is 7.12. The Morgan fingerprint density at radius 1 is 1.05 bits per heavy atom. The lowest BCUT2D eigenvalue weighted by molar-refractivity contribution is 0.309. The SMILES string of the molecule is O=S1(=O)OC[C@]2(c3ccccc3)[C@@H](/C=C/c3ccccc3)N21. The minimum absolute atomic E-state index is 0.170. The lowest BCUT2D eigenvalue weighted by Gasteiger charge is -2.09. The average molecular weight is 313 g/mol. The van der Waals surface area contributed by atoms with Gasteiger partial charge in [0.2, 0.25) is 0 Å². The van der Waals surface area contributed by atoms with Crippen LogP contribution in [0.2, 0.25) is 0 Å². The standard InChI is InChI=1S/C17H15NO3S/c19-22(20)18-16(12-11-14-7-3-1-4-8-14)17(18,13-21-22)15-9-5-2-6-10-15/h1-12,16H,13H2/b12-11+/t16-,17+,18?/m1/s1. The van der Waals surface area contributed by atoms with Crippen molar-refractivity contribution in [3.63, 3.8) is 0 Å². The molecule has 4 rings (SSSR count). The van der Waals surface area contributed by atoms with Crippen LogP contribution in [-0.4, -0.2) is 25.4 Å². The molecule has 112 valence electrons. The molecule has 1 unspecified atom stereocenters. The van der Waals surface area contributed by atoms with Crippen LogP contribution in [0, 0.1) is 0 Å². The summed E-state index contributed by atoms with van der Waals surface area (Å²) >= 11 is 0. The summed E-state index contributed by atoms with van der Waals surface area (Å²) < 4.78 is 30.6. The van der Waals surface area contributed by atoms with E-state index >= 15 is 0 Å². The number of fused-ring (bicyclic) bond motifs is 1. The van der Waals surface area contributed by atoms with Crippen molar-refractivity contribution in [2.75, 3.05) is 6.61 Å². The Kier molecular flexibility index (Phi) is 2.97. The molecule has 2 saturated heterocycles. The monoisotopic (exact) mass is 313 g/mol. The van der Waals surface area contributed by atoms with Crippen LogP contribution < -0.4 is 0 Å². The van der Waals surface area contributed by atoms with Crippen molar-refractivity contribution in [1.82, 2.24) is 4.31 Å². The Morgan fingerprint density at radius 3 is 2.36 bits per heavy atom. The molecule has 2 aromatic rings. The van der Waals surface area contributed by atoms with Crippen molar-refractivity contribution in [2.45, 2.75) is 11.6 Å². The molecule has 2 aromatic carbocycles. The Labute approximate surface area is 129 Å². The van der Waals surface area contributed by atoms with Gasteiger partial charge in [-0.25, -0.2) is 0 Å². The van der Waals surface area contributed by atoms with E-state index in [-0.39, 0.29) is 12.6 Å². The first-order valence-corrected chi connectivity index (χ1v) is 8.49. The Hall–Kier alpha value is -1.95. The number of benzene rings is 2. The molecule has 0 N–H and O–H groups in total. The molecule has 0 aliphatic carbocycles. The van der Waals surface area contributed by atoms with Gasteiger partial charge < -0.3 is 0 Å². The van der Waals surface area contributed by atoms with Crippen molar-refractivity contribution in [1.29, 1.82) is 0 Å². The maximum absolute atomic E-state index is 12.1. The normalized spacial score (nSPS) is 32.0. The second-order valence-electron chi connectivity index (χ2n) is 5.52. The van der Waals surface area contributed by atoms with Gasteiger partial charge in [-0.2, -0.15) is 12.7 Å². The zero-order valence-electron chi connectivity index (χ0n) is 11.8. The minimum atomic E-state index is -3.63. The van der Waals surface area contributed by atoms with E-state index in [9.17, 15) is 8.42 Å². The third-order valence-corrected chi connectivity index (χ3v) is 5.73. The summed E-state index contributed by atoms with van der Waals surface area (Å²) in [5.74, 6) is 0. The van der Waals surface area contributed by atoms with Crippen molar-refractivity contribution in [2.24, 2.45) is 0 Å². The van der Waals surface area contributed by atoms with E-state index in [4.69, 9.17) is 4.18 Å². The van der Waals surface area contributed by atoms with E-state index in [1.807, 2.05) is 72.8 Å². The molecule has 2 aliphatic heterocycles. The summed E-state index contributed by atoms with van der Waals surface area (Å²) in [6.45, 7) is 0.170. The highest BCUT2D eigenvalue weighted by atomic mass is 32.2. The quantitative estimate of drug-likeness (QED) is 0.818. The topological polar surface area (TPSA) is 46.4 Å². The maximum Gasteiger partial charge on any atom is 0.340 e. The van der Waals surface area contributed by atoms with Gasteiger partial charge in [-0.05, 0) is 11.1 Å². The number of rotatable bonds is 3. The molecule has 0 amide bonds. The van der Waals surface area contributed by atoms with Gasteiger partial charge in [0.05, 0.1) is 12.6 Å². The fraction of sp³-hybridized carbons (Fsp3) is 0.176. The number of hydrogen-bond acceptors (Lipinski definition) is 3. The lowest BCUT2D eigenvalue weighted by Crippen LogP contribution is -2.17. The molecule has 2 heterocycles. The average Bonchev–Trinajstić information content (AvgIpc) is 3.14. The van der Waals surface area contributed by atoms with Crippen molar-refractivity contribution in [3.05, 3.63) is 77.9 Å². The van der Waals surface area contributed by atoms with E-state index in [0.29, 0.717) is 0 Å². The molecule has 0 spiro atoms. The van der Waals surface area contributed by atoms with Gasteiger partial charge in [-0.1, -0.05) is 72.8 Å². The summed E-state index contributed by atoms with van der Waals surface area (Å²) in [6.07, 6.45) is 3.91. The predicted octanol–water partition coefficient (Wildman–Crippen LogP) is 2.55. The van der Waals surface area contributed by atoms with Gasteiger partial charge in [0, 0.05) is 0 Å². The molecule has 0 bridgehead atoms. The first-order chi connectivity index (χ1) is 10.6. The molecule has 3 atom stereocenters. The van der Waals surface area contributed by atoms with Gasteiger partial charge in [0.15, 0.2) is 0 Å². The molecule has 4 nitrogen and oxygen atoms in total. The van der Waals surface area contributed by atoms with Gasteiger partial charge in [-0.3, -0.25) is 4.18 Å². The molecule has 2 fully saturated rings. The van der Waals surface area contributed by atoms with Crippen LogP contribution in [0.5, 0.6) is 0 Å². The molecule has 0 radical (unpaired) electrons. The Morgan fingerprint density at radius 2 is 1.68 bits per heavy atom. The highest BCUT2D eigenvalue weighted by Crippen LogP contribution is 2.57. The lowest BCUT2D eigenvalue weighted by atomic mass is 9.95. The summed E-state index contributed by atoms with van der Waals surface area (Å²) in [5.41, 5.74) is 1.44. The number of nitrogens with zero attached hydrogens (tertiary/aromatic N) is 1. The second kappa shape index (κ2) is 4.78. The predicted molar refractivity (Wildman–Crippen MR) is 84.1 cm³/mol. The van der Waals surface area contributed by atoms with Gasteiger partial charge in [0.1, 0.15) is 5.54 Å². The third kappa shape index (κ3) is 1.94. The Bertz CT molecular complexity index is 817. The van der Waals surface area contributed by atoms with Crippen LogP contribution in [0.1, 0.15) is 11.1 Å². The van der Waals surface area contributed by atoms with E-state index in [1.54, 1.807) is 0 Å². The fourth-order valence-corrected chi connectivity index (χ4v) is 4.73. The smallest absolute Gasteiger partial charge is 0.255 e. The molecule has 0 aromatic heterocycles. The zero-order chi connectivity index (χ0) is 15.2. The van der Waals surface area contributed by atoms with Gasteiger partial charge >= 0.3 is 10.3 Å². The van der Waals surface area contributed by atoms with Crippen LogP contribution in [0.15, 0.2) is 66.7 Å². The van der Waals surface area contributed by atoms with Crippen molar-refractivity contribution in [3.8, 4) is 0 Å². The Balaban J connectivity index is 1.70. The van der Waals surface area contributed by atoms with E-state index in [2.05, 4.69) is 0 Å². The van der Waals surface area contributed by atoms with Crippen LogP contribution in [0.4, 0.5) is 0 Å². The summed E-state index contributed by atoms with van der Waals surface area (Å²) in [6, 6.07) is 19.3.